The molecule has 2 heteroatoms. The zero-order valence-corrected chi connectivity index (χ0v) is 10.9. The maximum Gasteiger partial charge on any atom is 0.123 e. The average Bonchev–Trinajstić information content (AvgIpc) is 2.90. The number of aliphatic hydroxyl groups excluding tert-OH is 1. The monoisotopic (exact) mass is 248 g/mol. The lowest BCUT2D eigenvalue weighted by Gasteiger charge is -2.25. The molecule has 98 valence electrons. The fourth-order valence-electron chi connectivity index (χ4n) is 4.09. The van der Waals surface area contributed by atoms with Crippen molar-refractivity contribution in [2.45, 2.75) is 45.1 Å². The van der Waals surface area contributed by atoms with E-state index in [0.29, 0.717) is 5.92 Å². The van der Waals surface area contributed by atoms with Gasteiger partial charge in [0.15, 0.2) is 0 Å². The molecule has 0 amide bonds. The van der Waals surface area contributed by atoms with E-state index in [1.54, 1.807) is 6.07 Å². The Morgan fingerprint density at radius 1 is 1.33 bits per heavy atom. The molecular formula is C16H21FO. The van der Waals surface area contributed by atoms with Crippen LogP contribution in [-0.4, -0.2) is 5.11 Å². The van der Waals surface area contributed by atoms with Gasteiger partial charge in [-0.2, -0.15) is 0 Å². The van der Waals surface area contributed by atoms with Crippen LogP contribution in [0.4, 0.5) is 4.39 Å². The molecule has 1 N–H and O–H groups in total. The number of aliphatic hydroxyl groups is 1. The number of hydrogen-bond donors (Lipinski definition) is 1. The second-order valence-corrected chi connectivity index (χ2v) is 6.19. The highest BCUT2D eigenvalue weighted by Crippen LogP contribution is 2.51. The van der Waals surface area contributed by atoms with Gasteiger partial charge in [0.2, 0.25) is 0 Å². The fraction of sp³-hybridized carbons (Fsp3) is 0.625. The van der Waals surface area contributed by atoms with E-state index in [-0.39, 0.29) is 5.82 Å². The Morgan fingerprint density at radius 2 is 2.17 bits per heavy atom. The number of aryl methyl sites for hydroxylation is 1. The maximum atomic E-state index is 13.1. The Labute approximate surface area is 108 Å². The van der Waals surface area contributed by atoms with Crippen LogP contribution in [0.5, 0.6) is 0 Å². The van der Waals surface area contributed by atoms with Crippen molar-refractivity contribution in [3.05, 3.63) is 35.1 Å². The third kappa shape index (κ3) is 2.18. The van der Waals surface area contributed by atoms with E-state index < -0.39 is 6.10 Å². The van der Waals surface area contributed by atoms with Gasteiger partial charge in [-0.3, -0.25) is 0 Å². The maximum absolute atomic E-state index is 13.1. The van der Waals surface area contributed by atoms with Gasteiger partial charge in [-0.05, 0) is 73.6 Å². The largest absolute Gasteiger partial charge is 0.388 e. The van der Waals surface area contributed by atoms with Gasteiger partial charge in [0, 0.05) is 0 Å². The molecule has 0 radical (unpaired) electrons. The van der Waals surface area contributed by atoms with Crippen LogP contribution >= 0.6 is 0 Å². The summed E-state index contributed by atoms with van der Waals surface area (Å²) < 4.78 is 13.1. The van der Waals surface area contributed by atoms with Gasteiger partial charge in [0.25, 0.3) is 0 Å². The summed E-state index contributed by atoms with van der Waals surface area (Å²) in [4.78, 5) is 0. The van der Waals surface area contributed by atoms with Crippen molar-refractivity contribution >= 4 is 0 Å². The molecule has 4 atom stereocenters. The Bertz CT molecular complexity index is 443. The molecule has 0 aromatic heterocycles. The lowest BCUT2D eigenvalue weighted by atomic mass is 9.83. The lowest BCUT2D eigenvalue weighted by molar-refractivity contribution is 0.125. The molecular weight excluding hydrogens is 227 g/mol. The predicted molar refractivity (Wildman–Crippen MR) is 69.7 cm³/mol. The van der Waals surface area contributed by atoms with Gasteiger partial charge in [-0.1, -0.05) is 12.5 Å². The quantitative estimate of drug-likeness (QED) is 0.857. The molecule has 0 spiro atoms. The van der Waals surface area contributed by atoms with Crippen molar-refractivity contribution in [2.24, 2.45) is 17.8 Å². The Balaban J connectivity index is 1.69. The molecule has 18 heavy (non-hydrogen) atoms. The smallest absolute Gasteiger partial charge is 0.123 e. The van der Waals surface area contributed by atoms with Crippen LogP contribution in [0, 0.1) is 30.5 Å². The first-order valence-electron chi connectivity index (χ1n) is 7.07. The number of fused-ring (bicyclic) bond motifs is 2. The summed E-state index contributed by atoms with van der Waals surface area (Å²) in [6.07, 6.45) is 5.85. The Kier molecular flexibility index (Phi) is 3.14. The first-order chi connectivity index (χ1) is 8.63. The van der Waals surface area contributed by atoms with Gasteiger partial charge in [-0.25, -0.2) is 4.39 Å². The molecule has 1 nitrogen and oxygen atoms in total. The van der Waals surface area contributed by atoms with Crippen LogP contribution in [0.25, 0.3) is 0 Å². The normalized spacial score (nSPS) is 31.8. The molecule has 2 bridgehead atoms. The average molecular weight is 248 g/mol. The van der Waals surface area contributed by atoms with Crippen LogP contribution in [0.3, 0.4) is 0 Å². The highest BCUT2D eigenvalue weighted by atomic mass is 19.1. The SMILES string of the molecule is Cc1cc(F)ccc1C(O)CC1CC2CCC1C2. The molecule has 1 aromatic carbocycles. The molecule has 4 unspecified atom stereocenters. The molecule has 3 rings (SSSR count). The zero-order chi connectivity index (χ0) is 12.7. The van der Waals surface area contributed by atoms with Crippen molar-refractivity contribution in [2.75, 3.05) is 0 Å². The van der Waals surface area contributed by atoms with Gasteiger partial charge in [0.05, 0.1) is 6.10 Å². The van der Waals surface area contributed by atoms with Crippen LogP contribution < -0.4 is 0 Å². The van der Waals surface area contributed by atoms with E-state index in [1.807, 2.05) is 6.92 Å². The number of rotatable bonds is 3. The molecule has 0 aliphatic heterocycles. The van der Waals surface area contributed by atoms with Crippen LogP contribution in [0.1, 0.15) is 49.3 Å². The summed E-state index contributed by atoms with van der Waals surface area (Å²) in [7, 11) is 0. The van der Waals surface area contributed by atoms with Crippen molar-refractivity contribution in [3.63, 3.8) is 0 Å². The second kappa shape index (κ2) is 4.65. The van der Waals surface area contributed by atoms with Gasteiger partial charge in [-0.15, -0.1) is 0 Å². The Hall–Kier alpha value is -0.890. The summed E-state index contributed by atoms with van der Waals surface area (Å²) in [5, 5.41) is 10.4. The molecule has 2 fully saturated rings. The molecule has 0 saturated heterocycles. The van der Waals surface area contributed by atoms with Crippen LogP contribution in [-0.2, 0) is 0 Å². The fourth-order valence-corrected chi connectivity index (χ4v) is 4.09. The van der Waals surface area contributed by atoms with E-state index in [0.717, 1.165) is 29.4 Å². The van der Waals surface area contributed by atoms with Crippen molar-refractivity contribution in [3.8, 4) is 0 Å². The lowest BCUT2D eigenvalue weighted by Crippen LogP contribution is -2.14. The van der Waals surface area contributed by atoms with Crippen molar-refractivity contribution in [1.82, 2.24) is 0 Å². The standard InChI is InChI=1S/C16H21FO/c1-10-6-14(17)4-5-15(10)16(18)9-13-8-11-2-3-12(13)7-11/h4-6,11-13,16,18H,2-3,7-9H2,1H3. The van der Waals surface area contributed by atoms with E-state index >= 15 is 0 Å². The number of hydrogen-bond acceptors (Lipinski definition) is 1. The van der Waals surface area contributed by atoms with E-state index in [9.17, 15) is 9.50 Å². The molecule has 2 saturated carbocycles. The second-order valence-electron chi connectivity index (χ2n) is 6.19. The highest BCUT2D eigenvalue weighted by Gasteiger charge is 2.40. The number of benzene rings is 1. The zero-order valence-electron chi connectivity index (χ0n) is 10.9. The van der Waals surface area contributed by atoms with Gasteiger partial charge < -0.3 is 5.11 Å². The molecule has 1 aromatic rings. The first kappa shape index (κ1) is 12.2. The van der Waals surface area contributed by atoms with Crippen LogP contribution in [0.2, 0.25) is 0 Å². The van der Waals surface area contributed by atoms with Crippen molar-refractivity contribution in [1.29, 1.82) is 0 Å². The summed E-state index contributed by atoms with van der Waals surface area (Å²) in [5.74, 6) is 2.22. The highest BCUT2D eigenvalue weighted by molar-refractivity contribution is 5.28. The van der Waals surface area contributed by atoms with E-state index in [2.05, 4.69) is 0 Å². The minimum atomic E-state index is -0.421. The Morgan fingerprint density at radius 3 is 2.78 bits per heavy atom. The summed E-state index contributed by atoms with van der Waals surface area (Å²) >= 11 is 0. The van der Waals surface area contributed by atoms with E-state index in [1.165, 1.54) is 37.8 Å². The molecule has 2 aliphatic rings. The third-order valence-corrected chi connectivity index (χ3v) is 5.00. The first-order valence-corrected chi connectivity index (χ1v) is 7.07. The van der Waals surface area contributed by atoms with Crippen molar-refractivity contribution < 1.29 is 9.50 Å². The molecule has 2 aliphatic carbocycles. The summed E-state index contributed by atoms with van der Waals surface area (Å²) in [5.41, 5.74) is 1.77. The van der Waals surface area contributed by atoms with Gasteiger partial charge >= 0.3 is 0 Å². The molecule has 0 heterocycles. The topological polar surface area (TPSA) is 20.2 Å². The van der Waals surface area contributed by atoms with Crippen LogP contribution in [0.15, 0.2) is 18.2 Å². The minimum absolute atomic E-state index is 0.219. The van der Waals surface area contributed by atoms with E-state index in [4.69, 9.17) is 0 Å². The predicted octanol–water partition coefficient (Wildman–Crippen LogP) is 3.99. The summed E-state index contributed by atoms with van der Waals surface area (Å²) in [6.45, 7) is 1.88. The summed E-state index contributed by atoms with van der Waals surface area (Å²) in [6, 6.07) is 4.70. The van der Waals surface area contributed by atoms with Gasteiger partial charge in [0.1, 0.15) is 5.82 Å². The third-order valence-electron chi connectivity index (χ3n) is 5.00. The minimum Gasteiger partial charge on any atom is -0.388 e. The number of halogens is 1.